The van der Waals surface area contributed by atoms with E-state index >= 15 is 0 Å². The van der Waals surface area contributed by atoms with Crippen LogP contribution >= 0.6 is 11.3 Å². The van der Waals surface area contributed by atoms with Gasteiger partial charge in [0.05, 0.1) is 17.3 Å². The lowest BCUT2D eigenvalue weighted by atomic mass is 10.2. The van der Waals surface area contributed by atoms with Gasteiger partial charge in [-0.15, -0.1) is 0 Å². The van der Waals surface area contributed by atoms with Crippen LogP contribution in [0.5, 0.6) is 5.75 Å². The average Bonchev–Trinajstić information content (AvgIpc) is 2.87. The summed E-state index contributed by atoms with van der Waals surface area (Å²) in [6.45, 7) is 2.81. The Labute approximate surface area is 122 Å². The molecule has 0 aliphatic carbocycles. The van der Waals surface area contributed by atoms with Gasteiger partial charge < -0.3 is 10.1 Å². The number of thiazole rings is 1. The Bertz CT molecular complexity index is 736. The van der Waals surface area contributed by atoms with E-state index in [-0.39, 0.29) is 0 Å². The van der Waals surface area contributed by atoms with Crippen molar-refractivity contribution >= 4 is 26.7 Å². The van der Waals surface area contributed by atoms with Gasteiger partial charge >= 0.3 is 0 Å². The fourth-order valence-electron chi connectivity index (χ4n) is 2.13. The summed E-state index contributed by atoms with van der Waals surface area (Å²) >= 11 is 1.68. The number of anilines is 1. The number of fused-ring (bicyclic) bond motifs is 1. The van der Waals surface area contributed by atoms with Crippen LogP contribution in [-0.4, -0.2) is 12.1 Å². The third-order valence-corrected chi connectivity index (χ3v) is 4.14. The predicted molar refractivity (Wildman–Crippen MR) is 84.7 cm³/mol. The van der Waals surface area contributed by atoms with Crippen molar-refractivity contribution in [1.29, 1.82) is 0 Å². The van der Waals surface area contributed by atoms with E-state index in [1.807, 2.05) is 18.2 Å². The molecule has 3 nitrogen and oxygen atoms in total. The Morgan fingerprint density at radius 3 is 2.90 bits per heavy atom. The molecule has 0 bridgehead atoms. The lowest BCUT2D eigenvalue weighted by Crippen LogP contribution is -2.00. The summed E-state index contributed by atoms with van der Waals surface area (Å²) in [4.78, 5) is 4.59. The molecule has 0 radical (unpaired) electrons. The molecule has 0 saturated carbocycles. The number of rotatable bonds is 4. The third-order valence-electron chi connectivity index (χ3n) is 3.17. The van der Waals surface area contributed by atoms with Crippen LogP contribution in [0.4, 0.5) is 5.13 Å². The monoisotopic (exact) mass is 284 g/mol. The SMILES string of the molecule is COc1ccccc1CNc1nc2ccc(C)cc2s1. The minimum Gasteiger partial charge on any atom is -0.496 e. The van der Waals surface area contributed by atoms with Crippen molar-refractivity contribution in [1.82, 2.24) is 4.98 Å². The number of aromatic nitrogens is 1. The normalized spacial score (nSPS) is 10.7. The van der Waals surface area contributed by atoms with Gasteiger partial charge in [0.2, 0.25) is 0 Å². The fraction of sp³-hybridized carbons (Fsp3) is 0.188. The molecule has 0 unspecified atom stereocenters. The third kappa shape index (κ3) is 2.60. The van der Waals surface area contributed by atoms with Crippen molar-refractivity contribution < 1.29 is 4.74 Å². The molecule has 1 N–H and O–H groups in total. The molecule has 0 atom stereocenters. The zero-order valence-electron chi connectivity index (χ0n) is 11.5. The number of para-hydroxylation sites is 1. The molecule has 102 valence electrons. The summed E-state index contributed by atoms with van der Waals surface area (Å²) in [5.74, 6) is 0.900. The lowest BCUT2D eigenvalue weighted by Gasteiger charge is -2.08. The Morgan fingerprint density at radius 2 is 2.05 bits per heavy atom. The van der Waals surface area contributed by atoms with Gasteiger partial charge in [-0.1, -0.05) is 35.6 Å². The molecule has 0 saturated heterocycles. The van der Waals surface area contributed by atoms with Crippen LogP contribution in [0.1, 0.15) is 11.1 Å². The van der Waals surface area contributed by atoms with Gasteiger partial charge in [0.25, 0.3) is 0 Å². The highest BCUT2D eigenvalue weighted by Gasteiger charge is 2.05. The second-order valence-electron chi connectivity index (χ2n) is 4.66. The van der Waals surface area contributed by atoms with Crippen molar-refractivity contribution in [3.63, 3.8) is 0 Å². The number of hydrogen-bond acceptors (Lipinski definition) is 4. The van der Waals surface area contributed by atoms with E-state index in [2.05, 4.69) is 41.5 Å². The second kappa shape index (κ2) is 5.51. The van der Waals surface area contributed by atoms with Gasteiger partial charge in [-0.3, -0.25) is 0 Å². The number of nitrogens with one attached hydrogen (secondary N) is 1. The molecule has 1 heterocycles. The molecule has 0 aliphatic rings. The molecular weight excluding hydrogens is 268 g/mol. The van der Waals surface area contributed by atoms with Crippen molar-refractivity contribution in [2.24, 2.45) is 0 Å². The van der Waals surface area contributed by atoms with E-state index in [0.29, 0.717) is 6.54 Å². The standard InChI is InChI=1S/C16H16N2OS/c1-11-7-8-13-15(9-11)20-16(18-13)17-10-12-5-3-4-6-14(12)19-2/h3-9H,10H2,1-2H3,(H,17,18). The highest BCUT2D eigenvalue weighted by molar-refractivity contribution is 7.22. The van der Waals surface area contributed by atoms with Crippen molar-refractivity contribution in [3.8, 4) is 5.75 Å². The summed E-state index contributed by atoms with van der Waals surface area (Å²) in [5.41, 5.74) is 3.44. The summed E-state index contributed by atoms with van der Waals surface area (Å²) < 4.78 is 6.57. The topological polar surface area (TPSA) is 34.1 Å². The molecule has 3 aromatic rings. The number of aryl methyl sites for hydroxylation is 1. The van der Waals surface area contributed by atoms with Crippen molar-refractivity contribution in [2.45, 2.75) is 13.5 Å². The molecule has 0 fully saturated rings. The van der Waals surface area contributed by atoms with Gasteiger partial charge in [-0.25, -0.2) is 4.98 Å². The first-order valence-electron chi connectivity index (χ1n) is 6.49. The minimum atomic E-state index is 0.711. The van der Waals surface area contributed by atoms with Crippen LogP contribution in [0.15, 0.2) is 42.5 Å². The number of nitrogens with zero attached hydrogens (tertiary/aromatic N) is 1. The van der Waals surface area contributed by atoms with Crippen LogP contribution in [0, 0.1) is 6.92 Å². The molecule has 0 aliphatic heterocycles. The predicted octanol–water partition coefficient (Wildman–Crippen LogP) is 4.23. The summed E-state index contributed by atoms with van der Waals surface area (Å²) in [6, 6.07) is 14.3. The van der Waals surface area contributed by atoms with Crippen LogP contribution in [0.25, 0.3) is 10.2 Å². The van der Waals surface area contributed by atoms with Crippen molar-refractivity contribution in [2.75, 3.05) is 12.4 Å². The minimum absolute atomic E-state index is 0.711. The van der Waals surface area contributed by atoms with Gasteiger partial charge in [-0.2, -0.15) is 0 Å². The second-order valence-corrected chi connectivity index (χ2v) is 5.69. The van der Waals surface area contributed by atoms with E-state index in [4.69, 9.17) is 4.74 Å². The van der Waals surface area contributed by atoms with Gasteiger partial charge in [0.15, 0.2) is 5.13 Å². The zero-order chi connectivity index (χ0) is 13.9. The number of ether oxygens (including phenoxy) is 1. The summed E-state index contributed by atoms with van der Waals surface area (Å²) in [7, 11) is 1.69. The van der Waals surface area contributed by atoms with Crippen LogP contribution in [-0.2, 0) is 6.54 Å². The maximum atomic E-state index is 5.35. The summed E-state index contributed by atoms with van der Waals surface area (Å²) in [6.07, 6.45) is 0. The van der Waals surface area contributed by atoms with E-state index in [9.17, 15) is 0 Å². The van der Waals surface area contributed by atoms with Crippen molar-refractivity contribution in [3.05, 3.63) is 53.6 Å². The highest BCUT2D eigenvalue weighted by Crippen LogP contribution is 2.27. The largest absolute Gasteiger partial charge is 0.496 e. The summed E-state index contributed by atoms with van der Waals surface area (Å²) in [5, 5.41) is 4.31. The zero-order valence-corrected chi connectivity index (χ0v) is 12.3. The first kappa shape index (κ1) is 12.9. The maximum Gasteiger partial charge on any atom is 0.184 e. The number of methoxy groups -OCH3 is 1. The Kier molecular flexibility index (Phi) is 3.56. The van der Waals surface area contributed by atoms with E-state index in [0.717, 1.165) is 22.0 Å². The molecule has 3 rings (SSSR count). The lowest BCUT2D eigenvalue weighted by molar-refractivity contribution is 0.410. The Hall–Kier alpha value is -2.07. The highest BCUT2D eigenvalue weighted by atomic mass is 32.1. The van der Waals surface area contributed by atoms with E-state index in [1.165, 1.54) is 10.3 Å². The van der Waals surface area contributed by atoms with E-state index < -0.39 is 0 Å². The first-order valence-corrected chi connectivity index (χ1v) is 7.31. The quantitative estimate of drug-likeness (QED) is 0.778. The maximum absolute atomic E-state index is 5.35. The van der Waals surface area contributed by atoms with Crippen LogP contribution < -0.4 is 10.1 Å². The number of hydrogen-bond donors (Lipinski definition) is 1. The van der Waals surface area contributed by atoms with Gasteiger partial charge in [-0.05, 0) is 30.7 Å². The fourth-order valence-corrected chi connectivity index (χ4v) is 3.09. The Morgan fingerprint density at radius 1 is 1.20 bits per heavy atom. The van der Waals surface area contributed by atoms with Gasteiger partial charge in [0.1, 0.15) is 5.75 Å². The van der Waals surface area contributed by atoms with E-state index in [1.54, 1.807) is 18.4 Å². The first-order chi connectivity index (χ1) is 9.76. The molecule has 20 heavy (non-hydrogen) atoms. The van der Waals surface area contributed by atoms with Crippen LogP contribution in [0.2, 0.25) is 0 Å². The van der Waals surface area contributed by atoms with Crippen LogP contribution in [0.3, 0.4) is 0 Å². The van der Waals surface area contributed by atoms with Gasteiger partial charge in [0, 0.05) is 12.1 Å². The molecule has 4 heteroatoms. The smallest absolute Gasteiger partial charge is 0.184 e. The average molecular weight is 284 g/mol. The number of benzene rings is 2. The Balaban J connectivity index is 1.79. The molecule has 2 aromatic carbocycles. The molecule has 1 aromatic heterocycles. The molecule has 0 amide bonds. The molecule has 0 spiro atoms. The molecular formula is C16H16N2OS.